The first-order valence-electron chi connectivity index (χ1n) is 8.69. The molecule has 1 aliphatic rings. The molecule has 3 rings (SSSR count). The Kier molecular flexibility index (Phi) is 5.69. The van der Waals surface area contributed by atoms with Gasteiger partial charge in [-0.1, -0.05) is 41.9 Å². The van der Waals surface area contributed by atoms with Gasteiger partial charge in [-0.25, -0.2) is 9.97 Å². The van der Waals surface area contributed by atoms with Crippen LogP contribution in [0.4, 0.5) is 5.95 Å². The number of hydrogen-bond acceptors (Lipinski definition) is 4. The molecular formula is C19H25ClN4. The molecule has 2 aromatic rings. The monoisotopic (exact) mass is 344 g/mol. The predicted molar refractivity (Wildman–Crippen MR) is 100 cm³/mol. The third-order valence-electron chi connectivity index (χ3n) is 4.57. The van der Waals surface area contributed by atoms with E-state index in [4.69, 9.17) is 11.6 Å². The van der Waals surface area contributed by atoms with E-state index < -0.39 is 0 Å². The van der Waals surface area contributed by atoms with Crippen LogP contribution >= 0.6 is 11.6 Å². The summed E-state index contributed by atoms with van der Waals surface area (Å²) in [7, 11) is 0. The van der Waals surface area contributed by atoms with Crippen LogP contribution in [0.15, 0.2) is 36.5 Å². The molecule has 2 N–H and O–H groups in total. The molecule has 2 heterocycles. The second-order valence-corrected chi connectivity index (χ2v) is 7.19. The zero-order valence-electron chi connectivity index (χ0n) is 14.3. The summed E-state index contributed by atoms with van der Waals surface area (Å²) in [6, 6.07) is 11.2. The van der Waals surface area contributed by atoms with Crippen LogP contribution < -0.4 is 10.6 Å². The molecule has 128 valence electrons. The van der Waals surface area contributed by atoms with Crippen molar-refractivity contribution in [1.82, 2.24) is 15.3 Å². The normalized spacial score (nSPS) is 23.9. The number of anilines is 1. The molecule has 0 saturated carbocycles. The Morgan fingerprint density at radius 1 is 1.17 bits per heavy atom. The topological polar surface area (TPSA) is 49.8 Å². The molecule has 0 spiro atoms. The van der Waals surface area contributed by atoms with Crippen LogP contribution in [0.2, 0.25) is 5.02 Å². The van der Waals surface area contributed by atoms with Gasteiger partial charge in [0, 0.05) is 24.2 Å². The Morgan fingerprint density at radius 3 is 2.58 bits per heavy atom. The standard InChI is InChI=1S/C19H25ClN4/c1-13-10-15(11-14(2)23-13)8-9-21-19-22-12-17(20)18(24-19)16-6-4-3-5-7-16/h3-7,12-15,23H,8-11H2,1-2H3,(H,21,22,24). The molecule has 2 atom stereocenters. The van der Waals surface area contributed by atoms with Gasteiger partial charge in [0.05, 0.1) is 16.9 Å². The molecular weight excluding hydrogens is 320 g/mol. The minimum absolute atomic E-state index is 0.577. The van der Waals surface area contributed by atoms with Crippen molar-refractivity contribution < 1.29 is 0 Å². The summed E-state index contributed by atoms with van der Waals surface area (Å²) in [5.74, 6) is 1.40. The van der Waals surface area contributed by atoms with Crippen LogP contribution in [-0.4, -0.2) is 28.6 Å². The Bertz CT molecular complexity index is 652. The highest BCUT2D eigenvalue weighted by atomic mass is 35.5. The minimum atomic E-state index is 0.577. The van der Waals surface area contributed by atoms with Gasteiger partial charge in [0.25, 0.3) is 0 Å². The fourth-order valence-electron chi connectivity index (χ4n) is 3.59. The van der Waals surface area contributed by atoms with Crippen molar-refractivity contribution in [2.75, 3.05) is 11.9 Å². The van der Waals surface area contributed by atoms with Gasteiger partial charge in [-0.15, -0.1) is 0 Å². The van der Waals surface area contributed by atoms with E-state index in [1.165, 1.54) is 12.8 Å². The number of piperidine rings is 1. The van der Waals surface area contributed by atoms with E-state index in [1.54, 1.807) is 6.20 Å². The minimum Gasteiger partial charge on any atom is -0.354 e. The maximum atomic E-state index is 6.26. The zero-order chi connectivity index (χ0) is 16.9. The molecule has 1 aromatic heterocycles. The molecule has 0 radical (unpaired) electrons. The molecule has 1 fully saturated rings. The van der Waals surface area contributed by atoms with Crippen molar-refractivity contribution in [3.8, 4) is 11.3 Å². The van der Waals surface area contributed by atoms with Gasteiger partial charge in [0.2, 0.25) is 5.95 Å². The average Bonchev–Trinajstić information content (AvgIpc) is 2.56. The second-order valence-electron chi connectivity index (χ2n) is 6.78. The van der Waals surface area contributed by atoms with Crippen LogP contribution in [0.25, 0.3) is 11.3 Å². The summed E-state index contributed by atoms with van der Waals surface area (Å²) < 4.78 is 0. The van der Waals surface area contributed by atoms with Gasteiger partial charge < -0.3 is 10.6 Å². The summed E-state index contributed by atoms with van der Waals surface area (Å²) in [5, 5.41) is 7.52. The van der Waals surface area contributed by atoms with E-state index in [-0.39, 0.29) is 0 Å². The van der Waals surface area contributed by atoms with Crippen LogP contribution in [0.5, 0.6) is 0 Å². The van der Waals surface area contributed by atoms with E-state index in [9.17, 15) is 0 Å². The quantitative estimate of drug-likeness (QED) is 0.845. The van der Waals surface area contributed by atoms with E-state index in [1.807, 2.05) is 30.3 Å². The molecule has 24 heavy (non-hydrogen) atoms. The van der Waals surface area contributed by atoms with Crippen molar-refractivity contribution in [1.29, 1.82) is 0 Å². The van der Waals surface area contributed by atoms with Gasteiger partial charge in [0.15, 0.2) is 0 Å². The van der Waals surface area contributed by atoms with Gasteiger partial charge in [-0.3, -0.25) is 0 Å². The molecule has 2 unspecified atom stereocenters. The number of halogens is 1. The average molecular weight is 345 g/mol. The fourth-order valence-corrected chi connectivity index (χ4v) is 3.79. The van der Waals surface area contributed by atoms with Crippen molar-refractivity contribution >= 4 is 17.5 Å². The second kappa shape index (κ2) is 7.95. The van der Waals surface area contributed by atoms with E-state index in [0.717, 1.165) is 30.1 Å². The summed E-state index contributed by atoms with van der Waals surface area (Å²) in [4.78, 5) is 8.90. The number of hydrogen-bond donors (Lipinski definition) is 2. The highest BCUT2D eigenvalue weighted by Crippen LogP contribution is 2.26. The van der Waals surface area contributed by atoms with E-state index >= 15 is 0 Å². The summed E-state index contributed by atoms with van der Waals surface area (Å²) in [5.41, 5.74) is 1.79. The molecule has 0 bridgehead atoms. The predicted octanol–water partition coefficient (Wildman–Crippen LogP) is 4.38. The Balaban J connectivity index is 1.60. The molecule has 5 heteroatoms. The number of rotatable bonds is 5. The van der Waals surface area contributed by atoms with E-state index in [2.05, 4.69) is 34.4 Å². The molecule has 0 aliphatic carbocycles. The summed E-state index contributed by atoms with van der Waals surface area (Å²) in [6.07, 6.45) is 5.29. The largest absolute Gasteiger partial charge is 0.354 e. The maximum absolute atomic E-state index is 6.26. The number of nitrogens with one attached hydrogen (secondary N) is 2. The molecule has 0 amide bonds. The first kappa shape index (κ1) is 17.2. The highest BCUT2D eigenvalue weighted by molar-refractivity contribution is 6.32. The lowest BCUT2D eigenvalue weighted by molar-refractivity contribution is 0.255. The molecule has 1 saturated heterocycles. The Labute approximate surface area is 149 Å². The SMILES string of the molecule is CC1CC(CCNc2ncc(Cl)c(-c3ccccc3)n2)CC(C)N1. The van der Waals surface area contributed by atoms with Crippen LogP contribution in [0, 0.1) is 5.92 Å². The Morgan fingerprint density at radius 2 is 1.88 bits per heavy atom. The zero-order valence-corrected chi connectivity index (χ0v) is 15.1. The van der Waals surface area contributed by atoms with Gasteiger partial charge in [0.1, 0.15) is 0 Å². The highest BCUT2D eigenvalue weighted by Gasteiger charge is 2.22. The van der Waals surface area contributed by atoms with Crippen LogP contribution in [0.1, 0.15) is 33.1 Å². The smallest absolute Gasteiger partial charge is 0.223 e. The number of benzene rings is 1. The first-order chi connectivity index (χ1) is 11.6. The molecule has 1 aliphatic heterocycles. The summed E-state index contributed by atoms with van der Waals surface area (Å²) >= 11 is 6.26. The van der Waals surface area contributed by atoms with Crippen LogP contribution in [-0.2, 0) is 0 Å². The van der Waals surface area contributed by atoms with Crippen molar-refractivity contribution in [3.05, 3.63) is 41.6 Å². The van der Waals surface area contributed by atoms with Gasteiger partial charge in [-0.2, -0.15) is 0 Å². The first-order valence-corrected chi connectivity index (χ1v) is 9.07. The lowest BCUT2D eigenvalue weighted by Crippen LogP contribution is -2.42. The summed E-state index contributed by atoms with van der Waals surface area (Å²) in [6.45, 7) is 5.43. The van der Waals surface area contributed by atoms with Crippen molar-refractivity contribution in [3.63, 3.8) is 0 Å². The fraction of sp³-hybridized carbons (Fsp3) is 0.474. The van der Waals surface area contributed by atoms with Crippen LogP contribution in [0.3, 0.4) is 0 Å². The Hall–Kier alpha value is -1.65. The van der Waals surface area contributed by atoms with Crippen molar-refractivity contribution in [2.24, 2.45) is 5.92 Å². The molecule has 1 aromatic carbocycles. The number of aromatic nitrogens is 2. The lowest BCUT2D eigenvalue weighted by Gasteiger charge is -2.33. The van der Waals surface area contributed by atoms with Crippen molar-refractivity contribution in [2.45, 2.75) is 45.2 Å². The number of nitrogens with zero attached hydrogens (tertiary/aromatic N) is 2. The third kappa shape index (κ3) is 4.46. The van der Waals surface area contributed by atoms with Gasteiger partial charge in [-0.05, 0) is 39.0 Å². The third-order valence-corrected chi connectivity index (χ3v) is 4.85. The maximum Gasteiger partial charge on any atom is 0.223 e. The van der Waals surface area contributed by atoms with Gasteiger partial charge >= 0.3 is 0 Å². The lowest BCUT2D eigenvalue weighted by atomic mass is 9.87. The molecule has 4 nitrogen and oxygen atoms in total. The van der Waals surface area contributed by atoms with E-state index in [0.29, 0.717) is 23.1 Å².